The van der Waals surface area contributed by atoms with Gasteiger partial charge in [0.2, 0.25) is 0 Å². The lowest BCUT2D eigenvalue weighted by molar-refractivity contribution is 0.757. The zero-order valence-electron chi connectivity index (χ0n) is 9.18. The maximum atomic E-state index is 5.97. The number of halogens is 1. The van der Waals surface area contributed by atoms with E-state index in [2.05, 4.69) is 10.1 Å². The van der Waals surface area contributed by atoms with Crippen molar-refractivity contribution in [1.29, 1.82) is 0 Å². The van der Waals surface area contributed by atoms with Crippen LogP contribution in [0.1, 0.15) is 24.2 Å². The van der Waals surface area contributed by atoms with E-state index in [4.69, 9.17) is 17.3 Å². The van der Waals surface area contributed by atoms with E-state index >= 15 is 0 Å². The Labute approximate surface area is 99.1 Å². The van der Waals surface area contributed by atoms with E-state index in [0.29, 0.717) is 5.02 Å². The molecule has 0 amide bonds. The number of hydrogen-bond acceptors (Lipinski definition) is 3. The molecule has 0 aliphatic carbocycles. The van der Waals surface area contributed by atoms with E-state index < -0.39 is 0 Å². The summed E-state index contributed by atoms with van der Waals surface area (Å²) < 4.78 is 1.66. The summed E-state index contributed by atoms with van der Waals surface area (Å²) in [5.41, 5.74) is 7.61. The van der Waals surface area contributed by atoms with E-state index in [0.717, 1.165) is 17.1 Å². The molecule has 0 saturated heterocycles. The molecule has 1 atom stereocenters. The topological polar surface area (TPSA) is 56.7 Å². The molecule has 0 aromatic carbocycles. The summed E-state index contributed by atoms with van der Waals surface area (Å²) in [6.45, 7) is 3.77. The second kappa shape index (κ2) is 4.23. The van der Waals surface area contributed by atoms with Gasteiger partial charge in [0.1, 0.15) is 0 Å². The fraction of sp³-hybridized carbons (Fsp3) is 0.273. The molecule has 2 rings (SSSR count). The summed E-state index contributed by atoms with van der Waals surface area (Å²) in [5.74, 6) is 0.729. The van der Waals surface area contributed by atoms with Gasteiger partial charge in [-0.15, -0.1) is 0 Å². The number of nitrogens with two attached hydrogens (primary N) is 1. The van der Waals surface area contributed by atoms with Gasteiger partial charge in [0.25, 0.3) is 0 Å². The average molecular weight is 237 g/mol. The lowest BCUT2D eigenvalue weighted by atomic mass is 10.1. The minimum absolute atomic E-state index is 0.0908. The molecule has 5 heteroatoms. The van der Waals surface area contributed by atoms with E-state index in [9.17, 15) is 0 Å². The maximum Gasteiger partial charge on any atom is 0.158 e. The summed E-state index contributed by atoms with van der Waals surface area (Å²) >= 11 is 5.97. The SMILES string of the molecule is Cc1nn(-c2ncccc2[C@H](C)N)cc1Cl. The Morgan fingerprint density at radius 1 is 1.50 bits per heavy atom. The molecule has 0 unspecified atom stereocenters. The smallest absolute Gasteiger partial charge is 0.158 e. The zero-order valence-corrected chi connectivity index (χ0v) is 9.94. The van der Waals surface area contributed by atoms with Crippen molar-refractivity contribution in [3.8, 4) is 5.82 Å². The molecule has 2 aromatic rings. The van der Waals surface area contributed by atoms with Gasteiger partial charge < -0.3 is 5.73 Å². The molecule has 16 heavy (non-hydrogen) atoms. The van der Waals surface area contributed by atoms with Gasteiger partial charge in [0, 0.05) is 17.8 Å². The predicted octanol–water partition coefficient (Wildman–Crippen LogP) is 2.25. The van der Waals surface area contributed by atoms with Crippen molar-refractivity contribution in [2.75, 3.05) is 0 Å². The molecular formula is C11H13ClN4. The van der Waals surface area contributed by atoms with Gasteiger partial charge in [-0.2, -0.15) is 5.10 Å². The lowest BCUT2D eigenvalue weighted by Crippen LogP contribution is -2.11. The Bertz CT molecular complexity index is 485. The van der Waals surface area contributed by atoms with Crippen LogP contribution in [0, 0.1) is 6.92 Å². The van der Waals surface area contributed by atoms with Gasteiger partial charge in [-0.1, -0.05) is 17.7 Å². The highest BCUT2D eigenvalue weighted by molar-refractivity contribution is 6.31. The summed E-state index contributed by atoms with van der Waals surface area (Å²) in [7, 11) is 0. The fourth-order valence-corrected chi connectivity index (χ4v) is 1.63. The summed E-state index contributed by atoms with van der Waals surface area (Å²) in [4.78, 5) is 4.29. The number of aromatic nitrogens is 3. The average Bonchev–Trinajstić information content (AvgIpc) is 2.59. The Morgan fingerprint density at radius 2 is 2.25 bits per heavy atom. The van der Waals surface area contributed by atoms with E-state index in [1.54, 1.807) is 17.1 Å². The second-order valence-electron chi connectivity index (χ2n) is 3.71. The van der Waals surface area contributed by atoms with Gasteiger partial charge in [0.05, 0.1) is 16.9 Å². The Morgan fingerprint density at radius 3 is 2.81 bits per heavy atom. The normalized spacial score (nSPS) is 12.8. The first kappa shape index (κ1) is 11.1. The van der Waals surface area contributed by atoms with Gasteiger partial charge in [-0.25, -0.2) is 9.67 Å². The van der Waals surface area contributed by atoms with Crippen molar-refractivity contribution in [3.05, 3.63) is 40.8 Å². The monoisotopic (exact) mass is 236 g/mol. The number of nitrogens with zero attached hydrogens (tertiary/aromatic N) is 3. The van der Waals surface area contributed by atoms with Crippen LogP contribution >= 0.6 is 11.6 Å². The van der Waals surface area contributed by atoms with Crippen LogP contribution in [-0.4, -0.2) is 14.8 Å². The van der Waals surface area contributed by atoms with Crippen LogP contribution in [0.3, 0.4) is 0 Å². The highest BCUT2D eigenvalue weighted by atomic mass is 35.5. The van der Waals surface area contributed by atoms with Crippen LogP contribution < -0.4 is 5.73 Å². The standard InChI is InChI=1S/C11H13ClN4/c1-7(13)9-4-3-5-14-11(9)16-6-10(12)8(2)15-16/h3-7H,13H2,1-2H3/t7-/m0/s1. The van der Waals surface area contributed by atoms with Crippen LogP contribution in [0.15, 0.2) is 24.5 Å². The third kappa shape index (κ3) is 1.94. The summed E-state index contributed by atoms with van der Waals surface area (Å²) in [6.07, 6.45) is 3.46. The molecule has 0 aliphatic heterocycles. The molecule has 4 nitrogen and oxygen atoms in total. The van der Waals surface area contributed by atoms with E-state index in [-0.39, 0.29) is 6.04 Å². The molecule has 0 spiro atoms. The Kier molecular flexibility index (Phi) is 2.94. The zero-order chi connectivity index (χ0) is 11.7. The molecular weight excluding hydrogens is 224 g/mol. The fourth-order valence-electron chi connectivity index (χ4n) is 1.50. The predicted molar refractivity (Wildman–Crippen MR) is 63.7 cm³/mol. The minimum Gasteiger partial charge on any atom is -0.324 e. The molecule has 0 fully saturated rings. The number of aryl methyl sites for hydroxylation is 1. The first-order chi connectivity index (χ1) is 7.59. The maximum absolute atomic E-state index is 5.97. The first-order valence-corrected chi connectivity index (χ1v) is 5.40. The summed E-state index contributed by atoms with van der Waals surface area (Å²) in [6, 6.07) is 3.71. The van der Waals surface area contributed by atoms with Gasteiger partial charge in [-0.05, 0) is 19.9 Å². The third-order valence-corrected chi connectivity index (χ3v) is 2.73. The molecule has 0 radical (unpaired) electrons. The lowest BCUT2D eigenvalue weighted by Gasteiger charge is -2.10. The number of pyridine rings is 1. The molecule has 84 valence electrons. The van der Waals surface area contributed by atoms with Crippen molar-refractivity contribution in [3.63, 3.8) is 0 Å². The van der Waals surface area contributed by atoms with Crippen LogP contribution in [-0.2, 0) is 0 Å². The van der Waals surface area contributed by atoms with Crippen molar-refractivity contribution >= 4 is 11.6 Å². The highest BCUT2D eigenvalue weighted by Gasteiger charge is 2.11. The van der Waals surface area contributed by atoms with Gasteiger partial charge in [0.15, 0.2) is 5.82 Å². The highest BCUT2D eigenvalue weighted by Crippen LogP contribution is 2.20. The molecule has 0 bridgehead atoms. The number of rotatable bonds is 2. The molecule has 0 aliphatic rings. The summed E-state index contributed by atoms with van der Waals surface area (Å²) in [5, 5.41) is 4.92. The van der Waals surface area contributed by atoms with E-state index in [1.165, 1.54) is 0 Å². The Balaban J connectivity index is 2.55. The largest absolute Gasteiger partial charge is 0.324 e. The first-order valence-electron chi connectivity index (χ1n) is 5.02. The van der Waals surface area contributed by atoms with Crippen LogP contribution in [0.2, 0.25) is 5.02 Å². The molecule has 0 saturated carbocycles. The van der Waals surface area contributed by atoms with Crippen molar-refractivity contribution in [2.45, 2.75) is 19.9 Å². The molecule has 2 heterocycles. The van der Waals surface area contributed by atoms with Crippen LogP contribution in [0.25, 0.3) is 5.82 Å². The van der Waals surface area contributed by atoms with Crippen LogP contribution in [0.4, 0.5) is 0 Å². The second-order valence-corrected chi connectivity index (χ2v) is 4.12. The van der Waals surface area contributed by atoms with Crippen molar-refractivity contribution < 1.29 is 0 Å². The van der Waals surface area contributed by atoms with Crippen molar-refractivity contribution in [1.82, 2.24) is 14.8 Å². The van der Waals surface area contributed by atoms with Gasteiger partial charge in [-0.3, -0.25) is 0 Å². The Hall–Kier alpha value is -1.39. The van der Waals surface area contributed by atoms with E-state index in [1.807, 2.05) is 26.0 Å². The minimum atomic E-state index is -0.0908. The molecule has 2 aromatic heterocycles. The van der Waals surface area contributed by atoms with Crippen molar-refractivity contribution in [2.24, 2.45) is 5.73 Å². The van der Waals surface area contributed by atoms with Crippen LogP contribution in [0.5, 0.6) is 0 Å². The number of hydrogen-bond donors (Lipinski definition) is 1. The third-order valence-electron chi connectivity index (χ3n) is 2.36. The molecule has 2 N–H and O–H groups in total. The van der Waals surface area contributed by atoms with Gasteiger partial charge >= 0.3 is 0 Å². The quantitative estimate of drug-likeness (QED) is 0.870.